The van der Waals surface area contributed by atoms with Gasteiger partial charge in [0.05, 0.1) is 40.8 Å². The molecule has 0 amide bonds. The summed E-state index contributed by atoms with van der Waals surface area (Å²) in [6, 6.07) is 30.9. The Balaban J connectivity index is 1.13. The molecule has 0 aliphatic carbocycles. The molecule has 11 aromatic rings. The zero-order valence-corrected chi connectivity index (χ0v) is 39.5. The molecule has 0 saturated heterocycles. The van der Waals surface area contributed by atoms with Gasteiger partial charge in [-0.3, -0.25) is 9.59 Å². The smallest absolute Gasteiger partial charge is 0.266 e. The van der Waals surface area contributed by atoms with Crippen LogP contribution in [0.4, 0.5) is 0 Å². The second-order valence-corrected chi connectivity index (χ2v) is 24.4. The molecule has 0 aliphatic rings. The van der Waals surface area contributed by atoms with Gasteiger partial charge in [-0.05, 0) is 100 Å². The first kappa shape index (κ1) is 38.2. The number of rotatable bonds is 6. The third kappa shape index (κ3) is 6.23. The standard InChI is InChI=1S/C46H27Cl2NO2S8/c1-20-10-12-31(52-20)38-25-15-33(35-18-29(47)23(4)55-35)56-40(25)39(32-13-11-21(2)53-32)26-16-34(57-41(26)38)36-19-30(48)44(58-36)37-17-28-43(59-37)42-27(14-22(3)54-42)45(50)49(46(28)51)24-8-6-5-7-9-24/h5-19H,1-4H3. The van der Waals surface area contributed by atoms with Gasteiger partial charge in [0.25, 0.3) is 11.1 Å². The Bertz CT molecular complexity index is 3520. The van der Waals surface area contributed by atoms with Crippen LogP contribution in [0.15, 0.2) is 101 Å². The van der Waals surface area contributed by atoms with Crippen molar-refractivity contribution in [3.8, 4) is 55.8 Å². The number of aryl methyl sites for hydroxylation is 4. The number of hydrogen-bond donors (Lipinski definition) is 0. The van der Waals surface area contributed by atoms with E-state index < -0.39 is 0 Å². The van der Waals surface area contributed by atoms with Crippen LogP contribution in [0.25, 0.3) is 96.2 Å². The maximum absolute atomic E-state index is 14.3. The summed E-state index contributed by atoms with van der Waals surface area (Å²) in [7, 11) is 0. The van der Waals surface area contributed by atoms with E-state index in [9.17, 15) is 9.59 Å². The van der Waals surface area contributed by atoms with Crippen LogP contribution in [0.1, 0.15) is 19.5 Å². The van der Waals surface area contributed by atoms with Crippen molar-refractivity contribution >= 4 is 154 Å². The lowest BCUT2D eigenvalue weighted by Gasteiger charge is -2.09. The van der Waals surface area contributed by atoms with Gasteiger partial charge in [0.1, 0.15) is 0 Å². The molecule has 0 bridgehead atoms. The number of aromatic nitrogens is 1. The first-order valence-electron chi connectivity index (χ1n) is 18.4. The summed E-state index contributed by atoms with van der Waals surface area (Å²) in [4.78, 5) is 42.0. The first-order valence-corrected chi connectivity index (χ1v) is 25.7. The molecule has 0 spiro atoms. The molecule has 3 nitrogen and oxygen atoms in total. The summed E-state index contributed by atoms with van der Waals surface area (Å²) in [5.74, 6) is 0. The topological polar surface area (TPSA) is 39.1 Å². The molecule has 59 heavy (non-hydrogen) atoms. The predicted molar refractivity (Wildman–Crippen MR) is 267 cm³/mol. The summed E-state index contributed by atoms with van der Waals surface area (Å²) in [5, 5.41) is 5.02. The highest BCUT2D eigenvalue weighted by molar-refractivity contribution is 7.33. The van der Waals surface area contributed by atoms with Crippen LogP contribution in [-0.2, 0) is 0 Å². The van der Waals surface area contributed by atoms with Crippen molar-refractivity contribution in [3.05, 3.63) is 141 Å². The molecule has 0 radical (unpaired) electrons. The van der Waals surface area contributed by atoms with E-state index in [0.717, 1.165) is 43.7 Å². The Labute approximate surface area is 379 Å². The van der Waals surface area contributed by atoms with Crippen molar-refractivity contribution in [2.75, 3.05) is 0 Å². The Morgan fingerprint density at radius 3 is 1.49 bits per heavy atom. The minimum Gasteiger partial charge on any atom is -0.268 e. The molecule has 0 saturated carbocycles. The monoisotopic (exact) mass is 951 g/mol. The molecule has 11 rings (SSSR count). The van der Waals surface area contributed by atoms with Gasteiger partial charge in [-0.2, -0.15) is 0 Å². The molecule has 0 N–H and O–H groups in total. The van der Waals surface area contributed by atoms with Gasteiger partial charge >= 0.3 is 0 Å². The van der Waals surface area contributed by atoms with Gasteiger partial charge in [0, 0.05) is 84.9 Å². The largest absolute Gasteiger partial charge is 0.268 e. The van der Waals surface area contributed by atoms with E-state index >= 15 is 0 Å². The zero-order chi connectivity index (χ0) is 40.4. The Morgan fingerprint density at radius 1 is 0.424 bits per heavy atom. The number of para-hydroxylation sites is 1. The Kier molecular flexibility index (Phi) is 9.36. The van der Waals surface area contributed by atoms with Gasteiger partial charge in [-0.25, -0.2) is 4.57 Å². The molecular weight excluding hydrogens is 926 g/mol. The third-order valence-electron chi connectivity index (χ3n) is 10.4. The number of thiophene rings is 8. The van der Waals surface area contributed by atoms with Gasteiger partial charge < -0.3 is 0 Å². The van der Waals surface area contributed by atoms with Crippen molar-refractivity contribution in [3.63, 3.8) is 0 Å². The fourth-order valence-electron chi connectivity index (χ4n) is 7.70. The molecule has 13 heteroatoms. The van der Waals surface area contributed by atoms with E-state index in [0.29, 0.717) is 21.5 Å². The molecular formula is C46H27Cl2NO2S8. The van der Waals surface area contributed by atoms with Crippen LogP contribution in [-0.4, -0.2) is 4.57 Å². The number of nitrogens with zero attached hydrogens (tertiary/aromatic N) is 1. The second kappa shape index (κ2) is 14.4. The van der Waals surface area contributed by atoms with Crippen molar-refractivity contribution < 1.29 is 0 Å². The highest BCUT2D eigenvalue weighted by Gasteiger charge is 2.26. The maximum atomic E-state index is 14.3. The lowest BCUT2D eigenvalue weighted by atomic mass is 9.99. The van der Waals surface area contributed by atoms with Gasteiger partial charge in [-0.15, -0.1) is 90.7 Å². The third-order valence-corrected chi connectivity index (χ3v) is 20.7. The molecule has 9 aromatic heterocycles. The zero-order valence-electron chi connectivity index (χ0n) is 31.4. The number of hydrogen-bond acceptors (Lipinski definition) is 10. The number of benzene rings is 2. The van der Waals surface area contributed by atoms with Crippen molar-refractivity contribution in [2.24, 2.45) is 0 Å². The fourth-order valence-corrected chi connectivity index (χ4v) is 17.4. The highest BCUT2D eigenvalue weighted by atomic mass is 35.5. The lowest BCUT2D eigenvalue weighted by molar-refractivity contribution is 0.976. The van der Waals surface area contributed by atoms with Gasteiger partial charge in [0.2, 0.25) is 0 Å². The van der Waals surface area contributed by atoms with E-state index in [4.69, 9.17) is 23.2 Å². The summed E-state index contributed by atoms with van der Waals surface area (Å²) < 4.78 is 5.49. The van der Waals surface area contributed by atoms with Crippen LogP contribution in [0.5, 0.6) is 0 Å². The predicted octanol–water partition coefficient (Wildman–Crippen LogP) is 17.2. The minimum absolute atomic E-state index is 0.303. The van der Waals surface area contributed by atoms with Crippen LogP contribution in [0, 0.1) is 27.7 Å². The van der Waals surface area contributed by atoms with Crippen LogP contribution >= 0.6 is 114 Å². The average molecular weight is 953 g/mol. The number of fused-ring (bicyclic) bond motifs is 5. The van der Waals surface area contributed by atoms with E-state index in [1.54, 1.807) is 46.1 Å². The highest BCUT2D eigenvalue weighted by Crippen LogP contribution is 2.56. The molecule has 0 fully saturated rings. The lowest BCUT2D eigenvalue weighted by Crippen LogP contribution is -2.28. The molecule has 0 atom stereocenters. The summed E-state index contributed by atoms with van der Waals surface area (Å²) >= 11 is 27.6. The van der Waals surface area contributed by atoms with E-state index in [2.05, 4.69) is 69.3 Å². The maximum Gasteiger partial charge on any atom is 0.266 e. The molecule has 9 heterocycles. The minimum atomic E-state index is -0.328. The van der Waals surface area contributed by atoms with E-state index in [1.807, 2.05) is 82.6 Å². The van der Waals surface area contributed by atoms with Crippen LogP contribution in [0.2, 0.25) is 10.0 Å². The van der Waals surface area contributed by atoms with Crippen molar-refractivity contribution in [1.29, 1.82) is 0 Å². The van der Waals surface area contributed by atoms with Gasteiger partial charge in [-0.1, -0.05) is 41.4 Å². The summed E-state index contributed by atoms with van der Waals surface area (Å²) in [5.41, 5.74) is 2.46. The quantitative estimate of drug-likeness (QED) is 0.167. The molecule has 0 unspecified atom stereocenters. The van der Waals surface area contributed by atoms with Crippen molar-refractivity contribution in [1.82, 2.24) is 4.57 Å². The van der Waals surface area contributed by atoms with E-state index in [1.165, 1.54) is 76.5 Å². The molecule has 0 aliphatic heterocycles. The first-order chi connectivity index (χ1) is 28.5. The SMILES string of the molecule is Cc1ccc(-c2c3cc(-c4cc(Cl)c(-c5cc6c(=O)n(-c7ccccc7)c(=O)c7cc(C)sc7c6s5)s4)sc3c(-c3ccc(C)s3)c3cc(-c4cc(Cl)c(C)s4)sc23)s1. The average Bonchev–Trinajstić information content (AvgIpc) is 4.07. The second-order valence-electron chi connectivity index (χ2n) is 14.3. The van der Waals surface area contributed by atoms with E-state index in [-0.39, 0.29) is 11.1 Å². The summed E-state index contributed by atoms with van der Waals surface area (Å²) in [6.45, 7) is 8.43. The molecule has 2 aromatic carbocycles. The van der Waals surface area contributed by atoms with Gasteiger partial charge in [0.15, 0.2) is 0 Å². The van der Waals surface area contributed by atoms with Crippen molar-refractivity contribution in [2.45, 2.75) is 27.7 Å². The van der Waals surface area contributed by atoms with Crippen LogP contribution < -0.4 is 11.1 Å². The van der Waals surface area contributed by atoms with Crippen LogP contribution in [0.3, 0.4) is 0 Å². The Hall–Kier alpha value is -3.72. The summed E-state index contributed by atoms with van der Waals surface area (Å²) in [6.07, 6.45) is 0. The number of halogens is 2. The molecule has 290 valence electrons. The normalized spacial score (nSPS) is 12.0. The fraction of sp³-hybridized carbons (Fsp3) is 0.0870. The Morgan fingerprint density at radius 2 is 0.932 bits per heavy atom.